The van der Waals surface area contributed by atoms with Gasteiger partial charge in [0, 0.05) is 38.9 Å². The molecule has 4 rings (SSSR count). The van der Waals surface area contributed by atoms with E-state index in [1.165, 1.54) is 40.6 Å². The fourth-order valence-corrected chi connectivity index (χ4v) is 6.36. The number of nitrogens with zero attached hydrogens (tertiary/aromatic N) is 2. The minimum Gasteiger partial charge on any atom is -0.507 e. The zero-order chi connectivity index (χ0) is 26.6. The Morgan fingerprint density at radius 2 is 1.73 bits per heavy atom. The van der Waals surface area contributed by atoms with E-state index in [1.54, 1.807) is 31.4 Å². The van der Waals surface area contributed by atoms with Crippen LogP contribution in [0.25, 0.3) is 5.76 Å². The molecule has 2 fully saturated rings. The minimum atomic E-state index is -3.65. The summed E-state index contributed by atoms with van der Waals surface area (Å²) in [6, 6.07) is 11.9. The summed E-state index contributed by atoms with van der Waals surface area (Å²) in [6.07, 6.45) is 3.17. The molecule has 0 aromatic heterocycles. The molecule has 2 saturated heterocycles. The molecular formula is C27H32N2O7S. The zero-order valence-corrected chi connectivity index (χ0v) is 21.9. The SMILES string of the molecule is COCCCN1C(=O)C(=O)C(=C(O)c2ccc(S(=O)(=O)N3CCCCC3)cc2)[C@@H]1c1cccc(OC)c1. The van der Waals surface area contributed by atoms with Gasteiger partial charge in [-0.05, 0) is 61.2 Å². The van der Waals surface area contributed by atoms with Crippen LogP contribution < -0.4 is 4.74 Å². The van der Waals surface area contributed by atoms with E-state index in [1.807, 2.05) is 0 Å². The number of hydrogen-bond acceptors (Lipinski definition) is 7. The second kappa shape index (κ2) is 11.5. The van der Waals surface area contributed by atoms with Crippen molar-refractivity contribution in [1.82, 2.24) is 9.21 Å². The maximum Gasteiger partial charge on any atom is 0.295 e. The average Bonchev–Trinajstić information content (AvgIpc) is 3.18. The Labute approximate surface area is 217 Å². The van der Waals surface area contributed by atoms with Gasteiger partial charge in [0.1, 0.15) is 11.5 Å². The third-order valence-corrected chi connectivity index (χ3v) is 8.69. The van der Waals surface area contributed by atoms with Crippen LogP contribution in [0.3, 0.4) is 0 Å². The van der Waals surface area contributed by atoms with Crippen LogP contribution in [0, 0.1) is 0 Å². The minimum absolute atomic E-state index is 0.0534. The molecule has 2 aliphatic rings. The molecule has 1 amide bonds. The van der Waals surface area contributed by atoms with Crippen LogP contribution >= 0.6 is 0 Å². The monoisotopic (exact) mass is 528 g/mol. The van der Waals surface area contributed by atoms with E-state index in [4.69, 9.17) is 9.47 Å². The highest BCUT2D eigenvalue weighted by molar-refractivity contribution is 7.89. The molecule has 0 radical (unpaired) electrons. The summed E-state index contributed by atoms with van der Waals surface area (Å²) in [7, 11) is -0.565. The largest absolute Gasteiger partial charge is 0.507 e. The lowest BCUT2D eigenvalue weighted by Crippen LogP contribution is -2.35. The second-order valence-electron chi connectivity index (χ2n) is 9.10. The summed E-state index contributed by atoms with van der Waals surface area (Å²) < 4.78 is 37.9. The lowest BCUT2D eigenvalue weighted by atomic mass is 9.95. The molecular weight excluding hydrogens is 496 g/mol. The number of amides is 1. The van der Waals surface area contributed by atoms with E-state index in [0.29, 0.717) is 37.4 Å². The summed E-state index contributed by atoms with van der Waals surface area (Å²) in [6.45, 7) is 1.62. The molecule has 0 saturated carbocycles. The molecule has 2 heterocycles. The number of likely N-dealkylation sites (tertiary alicyclic amines) is 1. The molecule has 1 N–H and O–H groups in total. The second-order valence-corrected chi connectivity index (χ2v) is 11.0. The van der Waals surface area contributed by atoms with Crippen LogP contribution in [-0.4, -0.2) is 74.9 Å². The number of methoxy groups -OCH3 is 2. The third kappa shape index (κ3) is 5.41. The molecule has 198 valence electrons. The van der Waals surface area contributed by atoms with Crippen molar-refractivity contribution in [1.29, 1.82) is 0 Å². The van der Waals surface area contributed by atoms with Gasteiger partial charge in [-0.3, -0.25) is 9.59 Å². The quantitative estimate of drug-likeness (QED) is 0.230. The van der Waals surface area contributed by atoms with E-state index in [0.717, 1.165) is 19.3 Å². The van der Waals surface area contributed by atoms with Gasteiger partial charge in [-0.15, -0.1) is 0 Å². The Hall–Kier alpha value is -3.21. The topological polar surface area (TPSA) is 113 Å². The predicted octanol–water partition coefficient (Wildman–Crippen LogP) is 3.33. The van der Waals surface area contributed by atoms with Crippen molar-refractivity contribution in [3.8, 4) is 5.75 Å². The number of ether oxygens (including phenoxy) is 2. The Morgan fingerprint density at radius 3 is 2.38 bits per heavy atom. The van der Waals surface area contributed by atoms with Crippen LogP contribution in [0.15, 0.2) is 59.0 Å². The molecule has 37 heavy (non-hydrogen) atoms. The zero-order valence-electron chi connectivity index (χ0n) is 21.1. The van der Waals surface area contributed by atoms with Crippen LogP contribution in [0.2, 0.25) is 0 Å². The van der Waals surface area contributed by atoms with Gasteiger partial charge in [0.2, 0.25) is 10.0 Å². The number of aliphatic hydroxyl groups is 1. The smallest absolute Gasteiger partial charge is 0.295 e. The molecule has 2 aliphatic heterocycles. The van der Waals surface area contributed by atoms with Gasteiger partial charge in [0.15, 0.2) is 0 Å². The Balaban J connectivity index is 1.73. The number of Topliss-reactive ketones (excluding diaryl/α,β-unsaturated/α-hetero) is 1. The van der Waals surface area contributed by atoms with Gasteiger partial charge >= 0.3 is 0 Å². The number of aliphatic hydroxyl groups excluding tert-OH is 1. The molecule has 10 heteroatoms. The average molecular weight is 529 g/mol. The fraction of sp³-hybridized carbons (Fsp3) is 0.407. The first-order chi connectivity index (χ1) is 17.8. The number of rotatable bonds is 9. The van der Waals surface area contributed by atoms with Crippen molar-refractivity contribution in [2.45, 2.75) is 36.6 Å². The number of carbonyl (C=O) groups is 2. The lowest BCUT2D eigenvalue weighted by Gasteiger charge is -2.26. The van der Waals surface area contributed by atoms with Crippen molar-refractivity contribution in [2.75, 3.05) is 40.5 Å². The standard InChI is InChI=1S/C27H32N2O7S/c1-35-17-7-16-29-24(20-8-6-9-21(18-20)36-2)23(26(31)27(29)32)25(30)19-10-12-22(13-11-19)37(33,34)28-14-4-3-5-15-28/h6,8-13,18,24,30H,3-5,7,14-17H2,1-2H3/t24-/m0/s1. The molecule has 2 aromatic rings. The van der Waals surface area contributed by atoms with Gasteiger partial charge in [-0.25, -0.2) is 8.42 Å². The third-order valence-electron chi connectivity index (χ3n) is 6.78. The number of carbonyl (C=O) groups excluding carboxylic acids is 2. The van der Waals surface area contributed by atoms with Gasteiger partial charge in [-0.2, -0.15) is 4.31 Å². The van der Waals surface area contributed by atoms with Gasteiger partial charge in [0.05, 0.1) is 23.6 Å². The first-order valence-corrected chi connectivity index (χ1v) is 13.8. The lowest BCUT2D eigenvalue weighted by molar-refractivity contribution is -0.140. The highest BCUT2D eigenvalue weighted by Gasteiger charge is 2.46. The molecule has 1 atom stereocenters. The maximum atomic E-state index is 13.2. The maximum absolute atomic E-state index is 13.2. The summed E-state index contributed by atoms with van der Waals surface area (Å²) in [4.78, 5) is 27.7. The van der Waals surface area contributed by atoms with Crippen molar-refractivity contribution in [3.05, 3.63) is 65.2 Å². The summed E-state index contributed by atoms with van der Waals surface area (Å²) in [5.41, 5.74) is 0.810. The number of sulfonamides is 1. The van der Waals surface area contributed by atoms with Crippen LogP contribution in [0.5, 0.6) is 5.75 Å². The molecule has 0 spiro atoms. The van der Waals surface area contributed by atoms with E-state index in [-0.39, 0.29) is 28.3 Å². The van der Waals surface area contributed by atoms with E-state index in [9.17, 15) is 23.1 Å². The van der Waals surface area contributed by atoms with Crippen LogP contribution in [0.1, 0.15) is 42.9 Å². The highest BCUT2D eigenvalue weighted by Crippen LogP contribution is 2.40. The molecule has 0 unspecified atom stereocenters. The van der Waals surface area contributed by atoms with Crippen LogP contribution in [-0.2, 0) is 24.3 Å². The van der Waals surface area contributed by atoms with Crippen molar-refractivity contribution >= 4 is 27.5 Å². The van der Waals surface area contributed by atoms with Crippen molar-refractivity contribution in [2.24, 2.45) is 0 Å². The predicted molar refractivity (Wildman–Crippen MR) is 138 cm³/mol. The van der Waals surface area contributed by atoms with E-state index >= 15 is 0 Å². The molecule has 9 nitrogen and oxygen atoms in total. The first-order valence-electron chi connectivity index (χ1n) is 12.3. The number of hydrogen-bond donors (Lipinski definition) is 1. The molecule has 0 aliphatic carbocycles. The van der Waals surface area contributed by atoms with Gasteiger partial charge in [0.25, 0.3) is 11.7 Å². The van der Waals surface area contributed by atoms with Crippen molar-refractivity contribution in [3.63, 3.8) is 0 Å². The van der Waals surface area contributed by atoms with Gasteiger partial charge < -0.3 is 19.5 Å². The van der Waals surface area contributed by atoms with Crippen molar-refractivity contribution < 1.29 is 32.6 Å². The molecule has 2 aromatic carbocycles. The Bertz CT molecular complexity index is 1280. The van der Waals surface area contributed by atoms with E-state index in [2.05, 4.69) is 0 Å². The first kappa shape index (κ1) is 26.8. The summed E-state index contributed by atoms with van der Waals surface area (Å²) in [5, 5.41) is 11.3. The normalized spacial score (nSPS) is 20.4. The summed E-state index contributed by atoms with van der Waals surface area (Å²) >= 11 is 0. The number of piperidine rings is 1. The van der Waals surface area contributed by atoms with E-state index < -0.39 is 27.8 Å². The van der Waals surface area contributed by atoms with Crippen LogP contribution in [0.4, 0.5) is 0 Å². The summed E-state index contributed by atoms with van der Waals surface area (Å²) in [5.74, 6) is -1.32. The Morgan fingerprint density at radius 1 is 1.03 bits per heavy atom. The number of ketones is 1. The molecule has 0 bridgehead atoms. The fourth-order valence-electron chi connectivity index (χ4n) is 4.84. The van der Waals surface area contributed by atoms with Gasteiger partial charge in [-0.1, -0.05) is 18.6 Å². The highest BCUT2D eigenvalue weighted by atomic mass is 32.2. The number of benzene rings is 2. The Kier molecular flexibility index (Phi) is 8.31.